The van der Waals surface area contributed by atoms with Gasteiger partial charge in [0.1, 0.15) is 22.8 Å². The van der Waals surface area contributed by atoms with Gasteiger partial charge in [-0.05, 0) is 32.4 Å². The fourth-order valence-corrected chi connectivity index (χ4v) is 5.03. The van der Waals surface area contributed by atoms with E-state index in [4.69, 9.17) is 0 Å². The van der Waals surface area contributed by atoms with Crippen LogP contribution in [0, 0.1) is 0 Å². The summed E-state index contributed by atoms with van der Waals surface area (Å²) in [6, 6.07) is 1.47. The molecule has 1 unspecified atom stereocenters. The first-order valence-electron chi connectivity index (χ1n) is 9.49. The summed E-state index contributed by atoms with van der Waals surface area (Å²) < 4.78 is 28.3. The maximum atomic E-state index is 13.4. The fourth-order valence-electron chi connectivity index (χ4n) is 4.00. The molecule has 1 saturated heterocycles. The number of alkyl halides is 2. The Labute approximate surface area is 170 Å². The zero-order valence-corrected chi connectivity index (χ0v) is 17.1. The van der Waals surface area contributed by atoms with E-state index >= 15 is 0 Å². The van der Waals surface area contributed by atoms with E-state index in [0.29, 0.717) is 18.7 Å². The molecule has 29 heavy (non-hydrogen) atoms. The number of Topliss-reactive ketones (excluding diaryl/α,β-unsaturated/α-hetero) is 1. The predicted octanol–water partition coefficient (Wildman–Crippen LogP) is 3.20. The lowest BCUT2D eigenvalue weighted by Crippen LogP contribution is -2.45. The highest BCUT2D eigenvalue weighted by molar-refractivity contribution is 7.11. The molecule has 154 valence electrons. The van der Waals surface area contributed by atoms with E-state index in [2.05, 4.69) is 31.9 Å². The SMILES string of the molecule is CC(=O)Cc1ncc(CN2CCCC(C)(c3cc(C(F)F)nc4ncnn34)C2)s1. The van der Waals surface area contributed by atoms with Crippen molar-refractivity contribution >= 4 is 22.9 Å². The van der Waals surface area contributed by atoms with E-state index in [0.717, 1.165) is 35.8 Å². The molecule has 4 heterocycles. The molecule has 1 aliphatic rings. The van der Waals surface area contributed by atoms with Crippen LogP contribution in [0.15, 0.2) is 18.6 Å². The number of aromatic nitrogens is 5. The minimum atomic E-state index is -2.66. The van der Waals surface area contributed by atoms with E-state index in [-0.39, 0.29) is 22.7 Å². The number of hydrogen-bond acceptors (Lipinski definition) is 7. The van der Waals surface area contributed by atoms with Crippen LogP contribution in [0.2, 0.25) is 0 Å². The fraction of sp³-hybridized carbons (Fsp3) is 0.526. The van der Waals surface area contributed by atoms with Gasteiger partial charge in [-0.1, -0.05) is 6.92 Å². The van der Waals surface area contributed by atoms with E-state index in [1.807, 2.05) is 6.20 Å². The van der Waals surface area contributed by atoms with Crippen molar-refractivity contribution in [2.24, 2.45) is 0 Å². The normalized spacial score (nSPS) is 20.6. The van der Waals surface area contributed by atoms with Crippen molar-refractivity contribution in [3.8, 4) is 0 Å². The van der Waals surface area contributed by atoms with E-state index in [1.165, 1.54) is 12.4 Å². The highest BCUT2D eigenvalue weighted by Gasteiger charge is 2.36. The van der Waals surface area contributed by atoms with Gasteiger partial charge in [0.05, 0.1) is 12.1 Å². The van der Waals surface area contributed by atoms with Gasteiger partial charge in [0.25, 0.3) is 12.2 Å². The highest BCUT2D eigenvalue weighted by Crippen LogP contribution is 2.35. The average Bonchev–Trinajstić information content (AvgIpc) is 3.29. The number of thiazole rings is 1. The molecule has 1 aliphatic heterocycles. The summed E-state index contributed by atoms with van der Waals surface area (Å²) in [7, 11) is 0. The van der Waals surface area contributed by atoms with Gasteiger partial charge in [0.2, 0.25) is 0 Å². The smallest absolute Gasteiger partial charge is 0.280 e. The number of likely N-dealkylation sites (tertiary alicyclic amines) is 1. The standard InChI is InChI=1S/C19H22F2N6OS/c1-12(28)6-16-22-8-13(29-16)9-26-5-3-4-19(2,10-26)15-7-14(17(20)21)25-18-23-11-24-27(15)18/h7-8,11,17H,3-6,9-10H2,1-2H3. The lowest BCUT2D eigenvalue weighted by Gasteiger charge is -2.40. The van der Waals surface area contributed by atoms with Gasteiger partial charge in [0, 0.05) is 29.6 Å². The molecule has 3 aromatic rings. The highest BCUT2D eigenvalue weighted by atomic mass is 32.1. The maximum Gasteiger partial charge on any atom is 0.280 e. The number of carbonyl (C=O) groups is 1. The molecule has 0 amide bonds. The summed E-state index contributed by atoms with van der Waals surface area (Å²) in [6.45, 7) is 5.99. The van der Waals surface area contributed by atoms with Crippen molar-refractivity contribution in [1.82, 2.24) is 29.5 Å². The summed E-state index contributed by atoms with van der Waals surface area (Å²) in [4.78, 5) is 27.0. The minimum Gasteiger partial charge on any atom is -0.300 e. The molecule has 0 bridgehead atoms. The van der Waals surface area contributed by atoms with Crippen molar-refractivity contribution < 1.29 is 13.6 Å². The number of carbonyl (C=O) groups excluding carboxylic acids is 1. The zero-order valence-electron chi connectivity index (χ0n) is 16.3. The van der Waals surface area contributed by atoms with Gasteiger partial charge in [-0.3, -0.25) is 9.69 Å². The predicted molar refractivity (Wildman–Crippen MR) is 104 cm³/mol. The van der Waals surface area contributed by atoms with Crippen molar-refractivity contribution in [2.45, 2.75) is 51.5 Å². The van der Waals surface area contributed by atoms with Crippen LogP contribution < -0.4 is 0 Å². The molecule has 0 radical (unpaired) electrons. The second-order valence-corrected chi connectivity index (χ2v) is 9.01. The van der Waals surface area contributed by atoms with Crippen LogP contribution in [-0.4, -0.2) is 48.3 Å². The molecular weight excluding hydrogens is 398 g/mol. The molecule has 0 saturated carbocycles. The molecule has 0 aliphatic carbocycles. The first-order chi connectivity index (χ1) is 13.8. The Morgan fingerprint density at radius 2 is 2.21 bits per heavy atom. The molecule has 4 rings (SSSR count). The number of piperidine rings is 1. The molecule has 10 heteroatoms. The first kappa shape index (κ1) is 20.0. The average molecular weight is 420 g/mol. The van der Waals surface area contributed by atoms with Crippen LogP contribution in [0.1, 0.15) is 54.4 Å². The van der Waals surface area contributed by atoms with E-state index in [1.54, 1.807) is 22.8 Å². The topological polar surface area (TPSA) is 76.3 Å². The molecule has 0 spiro atoms. The Bertz CT molecular complexity index is 1030. The van der Waals surface area contributed by atoms with E-state index in [9.17, 15) is 13.6 Å². The number of nitrogens with zero attached hydrogens (tertiary/aromatic N) is 6. The van der Waals surface area contributed by atoms with Crippen LogP contribution in [0.25, 0.3) is 5.78 Å². The second kappa shape index (κ2) is 7.83. The Hall–Kier alpha value is -2.33. The number of hydrogen-bond donors (Lipinski definition) is 0. The van der Waals surface area contributed by atoms with Crippen LogP contribution >= 0.6 is 11.3 Å². The monoisotopic (exact) mass is 420 g/mol. The van der Waals surface area contributed by atoms with Crippen LogP contribution in [0.3, 0.4) is 0 Å². The minimum absolute atomic E-state index is 0.0980. The summed E-state index contributed by atoms with van der Waals surface area (Å²) >= 11 is 1.55. The summed E-state index contributed by atoms with van der Waals surface area (Å²) in [5.41, 5.74) is 0.0840. The number of fused-ring (bicyclic) bond motifs is 1. The van der Waals surface area contributed by atoms with Gasteiger partial charge in [-0.2, -0.15) is 10.1 Å². The molecule has 0 N–H and O–H groups in total. The van der Waals surface area contributed by atoms with Gasteiger partial charge < -0.3 is 0 Å². The molecule has 3 aromatic heterocycles. The lowest BCUT2D eigenvalue weighted by atomic mass is 9.78. The number of halogens is 2. The molecule has 1 atom stereocenters. The zero-order chi connectivity index (χ0) is 20.6. The Balaban J connectivity index is 1.58. The first-order valence-corrected chi connectivity index (χ1v) is 10.3. The van der Waals surface area contributed by atoms with Gasteiger partial charge in [0.15, 0.2) is 0 Å². The lowest BCUT2D eigenvalue weighted by molar-refractivity contribution is -0.116. The summed E-state index contributed by atoms with van der Waals surface area (Å²) in [5, 5.41) is 5.05. The molecule has 7 nitrogen and oxygen atoms in total. The maximum absolute atomic E-state index is 13.4. The molecule has 1 fully saturated rings. The summed E-state index contributed by atoms with van der Waals surface area (Å²) in [6.07, 6.45) is 2.68. The van der Waals surface area contributed by atoms with Gasteiger partial charge in [-0.15, -0.1) is 11.3 Å². The van der Waals surface area contributed by atoms with Crippen LogP contribution in [0.5, 0.6) is 0 Å². The largest absolute Gasteiger partial charge is 0.300 e. The Morgan fingerprint density at radius 3 is 2.97 bits per heavy atom. The molecular formula is C19H22F2N6OS. The van der Waals surface area contributed by atoms with Crippen molar-refractivity contribution in [3.05, 3.63) is 39.9 Å². The third kappa shape index (κ3) is 4.18. The van der Waals surface area contributed by atoms with Crippen molar-refractivity contribution in [2.75, 3.05) is 13.1 Å². The number of rotatable bonds is 6. The van der Waals surface area contributed by atoms with Gasteiger partial charge >= 0.3 is 0 Å². The van der Waals surface area contributed by atoms with Crippen molar-refractivity contribution in [1.29, 1.82) is 0 Å². The molecule has 0 aromatic carbocycles. The van der Waals surface area contributed by atoms with Crippen LogP contribution in [0.4, 0.5) is 8.78 Å². The van der Waals surface area contributed by atoms with Crippen molar-refractivity contribution in [3.63, 3.8) is 0 Å². The van der Waals surface area contributed by atoms with Gasteiger partial charge in [-0.25, -0.2) is 23.3 Å². The third-order valence-corrected chi connectivity index (χ3v) is 6.25. The van der Waals surface area contributed by atoms with E-state index < -0.39 is 6.43 Å². The van der Waals surface area contributed by atoms with Crippen LogP contribution in [-0.2, 0) is 23.2 Å². The third-order valence-electron chi connectivity index (χ3n) is 5.27. The number of ketones is 1. The second-order valence-electron chi connectivity index (χ2n) is 7.81. The quantitative estimate of drug-likeness (QED) is 0.610. The Kier molecular flexibility index (Phi) is 5.39. The Morgan fingerprint density at radius 1 is 1.38 bits per heavy atom. The summed E-state index contributed by atoms with van der Waals surface area (Å²) in [5.74, 6) is 0.299.